The molecular weight excluding hydrogens is 542 g/mol. The van der Waals surface area contributed by atoms with E-state index >= 15 is 0 Å². The van der Waals surface area contributed by atoms with Crippen molar-refractivity contribution < 1.29 is 4.74 Å². The van der Waals surface area contributed by atoms with Crippen LogP contribution in [0.4, 0.5) is 17.1 Å². The van der Waals surface area contributed by atoms with E-state index in [1.807, 2.05) is 121 Å². The molecule has 0 aromatic heterocycles. The van der Waals surface area contributed by atoms with Crippen molar-refractivity contribution in [3.8, 4) is 58.0 Å². The molecule has 6 nitrogen and oxygen atoms in total. The normalized spacial score (nSPS) is 11.2. The van der Waals surface area contributed by atoms with Crippen molar-refractivity contribution in [1.82, 2.24) is 0 Å². The van der Waals surface area contributed by atoms with Gasteiger partial charge in [0.1, 0.15) is 24.3 Å². The average molecular weight is 562 g/mol. The number of nitrogens with zero attached hydrogens (tertiary/aromatic N) is 5. The van der Waals surface area contributed by atoms with Crippen LogP contribution in [-0.2, 0) is 0 Å². The molecule has 1 aliphatic heterocycles. The van der Waals surface area contributed by atoms with Gasteiger partial charge in [-0.05, 0) is 58.3 Å². The Morgan fingerprint density at radius 2 is 1.11 bits per heavy atom. The first-order valence-electron chi connectivity index (χ1n) is 13.8. The first-order chi connectivity index (χ1) is 21.7. The largest absolute Gasteiger partial charge is 0.453 e. The van der Waals surface area contributed by atoms with Crippen LogP contribution in [0.25, 0.3) is 33.0 Å². The number of benzene rings is 6. The SMILES string of the molecule is N#Cc1cc(C#N)c(C#N)c(-c2cccc3cccc(-c4cccc5c4N(c4ccccc4)c4ccccc4O5)c23)c1C#N. The molecule has 0 spiro atoms. The number of anilines is 3. The minimum absolute atomic E-state index is 0.0462. The lowest BCUT2D eigenvalue weighted by atomic mass is 9.84. The second kappa shape index (κ2) is 10.5. The molecule has 0 amide bonds. The molecule has 0 aliphatic carbocycles. The number of hydrogen-bond acceptors (Lipinski definition) is 6. The summed E-state index contributed by atoms with van der Waals surface area (Å²) < 4.78 is 6.45. The second-order valence-corrected chi connectivity index (χ2v) is 10.1. The topological polar surface area (TPSA) is 108 Å². The lowest BCUT2D eigenvalue weighted by molar-refractivity contribution is 0.477. The molecular formula is C38H19N5O. The van der Waals surface area contributed by atoms with Crippen LogP contribution < -0.4 is 9.64 Å². The predicted molar refractivity (Wildman–Crippen MR) is 168 cm³/mol. The van der Waals surface area contributed by atoms with E-state index in [4.69, 9.17) is 4.74 Å². The summed E-state index contributed by atoms with van der Waals surface area (Å²) in [4.78, 5) is 2.18. The molecule has 6 aromatic carbocycles. The van der Waals surface area contributed by atoms with E-state index < -0.39 is 0 Å². The number of para-hydroxylation sites is 4. The summed E-state index contributed by atoms with van der Waals surface area (Å²) in [5.74, 6) is 1.41. The van der Waals surface area contributed by atoms with E-state index in [9.17, 15) is 21.0 Å². The van der Waals surface area contributed by atoms with E-state index in [2.05, 4.69) is 17.0 Å². The van der Waals surface area contributed by atoms with Crippen LogP contribution in [0.15, 0.2) is 115 Å². The Labute approximate surface area is 253 Å². The molecule has 0 radical (unpaired) electrons. The lowest BCUT2D eigenvalue weighted by Gasteiger charge is -2.34. The van der Waals surface area contributed by atoms with Crippen molar-refractivity contribution in [3.63, 3.8) is 0 Å². The smallest absolute Gasteiger partial charge is 0.152 e. The summed E-state index contributed by atoms with van der Waals surface area (Å²) in [5.41, 5.74) is 5.46. The van der Waals surface area contributed by atoms with E-state index in [0.29, 0.717) is 11.3 Å². The fraction of sp³-hybridized carbons (Fsp3) is 0. The lowest BCUT2D eigenvalue weighted by Crippen LogP contribution is -2.16. The summed E-state index contributed by atoms with van der Waals surface area (Å²) in [5, 5.41) is 41.9. The summed E-state index contributed by atoms with van der Waals surface area (Å²) in [6.45, 7) is 0. The van der Waals surface area contributed by atoms with E-state index in [-0.39, 0.29) is 27.8 Å². The highest BCUT2D eigenvalue weighted by Gasteiger charge is 2.30. The van der Waals surface area contributed by atoms with Crippen molar-refractivity contribution in [1.29, 1.82) is 21.0 Å². The molecule has 0 saturated carbocycles. The third kappa shape index (κ3) is 3.93. The van der Waals surface area contributed by atoms with Crippen LogP contribution >= 0.6 is 0 Å². The average Bonchev–Trinajstić information content (AvgIpc) is 3.09. The van der Waals surface area contributed by atoms with Gasteiger partial charge in [0.25, 0.3) is 0 Å². The number of ether oxygens (including phenoxy) is 1. The minimum atomic E-state index is 0.0462. The molecule has 202 valence electrons. The summed E-state index contributed by atoms with van der Waals surface area (Å²) in [7, 11) is 0. The fourth-order valence-electron chi connectivity index (χ4n) is 6.00. The predicted octanol–water partition coefficient (Wildman–Crippen LogP) is 9.24. The van der Waals surface area contributed by atoms with Crippen LogP contribution in [0, 0.1) is 45.3 Å². The van der Waals surface area contributed by atoms with Crippen molar-refractivity contribution >= 4 is 27.8 Å². The first-order valence-corrected chi connectivity index (χ1v) is 13.8. The van der Waals surface area contributed by atoms with Crippen molar-refractivity contribution in [2.45, 2.75) is 0 Å². The zero-order chi connectivity index (χ0) is 30.2. The van der Waals surface area contributed by atoms with Gasteiger partial charge in [0.15, 0.2) is 11.5 Å². The Hall–Kier alpha value is -6.86. The number of nitriles is 4. The maximum absolute atomic E-state index is 10.2. The maximum Gasteiger partial charge on any atom is 0.152 e. The van der Waals surface area contributed by atoms with Crippen LogP contribution in [0.5, 0.6) is 11.5 Å². The van der Waals surface area contributed by atoms with Crippen LogP contribution in [0.3, 0.4) is 0 Å². The highest BCUT2D eigenvalue weighted by atomic mass is 16.5. The second-order valence-electron chi connectivity index (χ2n) is 10.1. The van der Waals surface area contributed by atoms with Gasteiger partial charge in [0.05, 0.1) is 33.6 Å². The Morgan fingerprint density at radius 1 is 0.523 bits per heavy atom. The third-order valence-corrected chi connectivity index (χ3v) is 7.82. The Morgan fingerprint density at radius 3 is 1.80 bits per heavy atom. The number of hydrogen-bond donors (Lipinski definition) is 0. The minimum Gasteiger partial charge on any atom is -0.453 e. The Bertz CT molecular complexity index is 2260. The molecule has 6 heteroatoms. The zero-order valence-corrected chi connectivity index (χ0v) is 23.1. The van der Waals surface area contributed by atoms with Crippen molar-refractivity contribution in [3.05, 3.63) is 138 Å². The van der Waals surface area contributed by atoms with Crippen LogP contribution in [0.1, 0.15) is 22.3 Å². The molecule has 0 saturated heterocycles. The molecule has 0 bridgehead atoms. The van der Waals surface area contributed by atoms with Gasteiger partial charge in [-0.2, -0.15) is 21.0 Å². The van der Waals surface area contributed by atoms with E-state index in [0.717, 1.165) is 44.7 Å². The molecule has 0 unspecified atom stereocenters. The molecule has 7 rings (SSSR count). The van der Waals surface area contributed by atoms with Gasteiger partial charge in [-0.3, -0.25) is 0 Å². The van der Waals surface area contributed by atoms with Gasteiger partial charge in [0, 0.05) is 16.8 Å². The maximum atomic E-state index is 10.2. The standard InChI is InChI=1S/C38H19N5O/c39-20-25-19-26(21-40)32(23-42)37(31(25)22-41)30-15-7-10-24-9-6-13-28(36(24)30)29-14-8-18-35-38(29)43(27-11-2-1-3-12-27)33-16-4-5-17-34(33)44-35/h1-19H. The number of fused-ring (bicyclic) bond motifs is 3. The summed E-state index contributed by atoms with van der Waals surface area (Å²) >= 11 is 0. The van der Waals surface area contributed by atoms with E-state index in [1.165, 1.54) is 6.07 Å². The van der Waals surface area contributed by atoms with Gasteiger partial charge >= 0.3 is 0 Å². The molecule has 6 aromatic rings. The molecule has 1 heterocycles. The van der Waals surface area contributed by atoms with Gasteiger partial charge in [-0.25, -0.2) is 0 Å². The van der Waals surface area contributed by atoms with Crippen LogP contribution in [-0.4, -0.2) is 0 Å². The first kappa shape index (κ1) is 26.1. The molecule has 44 heavy (non-hydrogen) atoms. The molecule has 0 atom stereocenters. The zero-order valence-electron chi connectivity index (χ0n) is 23.1. The van der Waals surface area contributed by atoms with Crippen molar-refractivity contribution in [2.24, 2.45) is 0 Å². The van der Waals surface area contributed by atoms with E-state index in [1.54, 1.807) is 0 Å². The number of rotatable bonds is 3. The quantitative estimate of drug-likeness (QED) is 0.213. The van der Waals surface area contributed by atoms with Gasteiger partial charge < -0.3 is 9.64 Å². The molecule has 1 aliphatic rings. The Balaban J connectivity index is 1.60. The Kier molecular flexibility index (Phi) is 6.23. The summed E-state index contributed by atoms with van der Waals surface area (Å²) in [6.07, 6.45) is 0. The fourth-order valence-corrected chi connectivity index (χ4v) is 6.00. The van der Waals surface area contributed by atoms with Crippen LogP contribution in [0.2, 0.25) is 0 Å². The van der Waals surface area contributed by atoms with Crippen molar-refractivity contribution in [2.75, 3.05) is 4.90 Å². The monoisotopic (exact) mass is 561 g/mol. The van der Waals surface area contributed by atoms with Gasteiger partial charge in [-0.15, -0.1) is 0 Å². The molecule has 0 N–H and O–H groups in total. The van der Waals surface area contributed by atoms with Gasteiger partial charge in [-0.1, -0.05) is 78.9 Å². The highest BCUT2D eigenvalue weighted by molar-refractivity contribution is 6.11. The van der Waals surface area contributed by atoms with Gasteiger partial charge in [0.2, 0.25) is 0 Å². The summed E-state index contributed by atoms with van der Waals surface area (Å²) in [6, 6.07) is 45.1. The highest BCUT2D eigenvalue weighted by Crippen LogP contribution is 2.55. The third-order valence-electron chi connectivity index (χ3n) is 7.82. The molecule has 0 fully saturated rings.